The lowest BCUT2D eigenvalue weighted by molar-refractivity contribution is 0.415. The number of hydrogen-bond acceptors (Lipinski definition) is 7. The molecular formula is C19H14N6O2. The fourth-order valence-corrected chi connectivity index (χ4v) is 3.13. The van der Waals surface area contributed by atoms with E-state index in [1.54, 1.807) is 13.2 Å². The fourth-order valence-electron chi connectivity index (χ4n) is 3.13. The molecule has 1 aliphatic rings. The van der Waals surface area contributed by atoms with Crippen LogP contribution in [0.5, 0.6) is 5.75 Å². The molecule has 0 amide bonds. The molecule has 0 atom stereocenters. The second-order valence-corrected chi connectivity index (χ2v) is 6.13. The van der Waals surface area contributed by atoms with E-state index in [4.69, 9.17) is 4.74 Å². The summed E-state index contributed by atoms with van der Waals surface area (Å²) >= 11 is 0. The number of nitrogens with zero attached hydrogens (tertiary/aromatic N) is 5. The van der Waals surface area contributed by atoms with Gasteiger partial charge in [0.25, 0.3) is 0 Å². The maximum atomic E-state index is 12.4. The molecule has 132 valence electrons. The lowest BCUT2D eigenvalue weighted by Crippen LogP contribution is -2.25. The Labute approximate surface area is 153 Å². The zero-order chi connectivity index (χ0) is 18.4. The molecule has 8 heteroatoms. The molecule has 0 spiro atoms. The van der Waals surface area contributed by atoms with Gasteiger partial charge in [0.1, 0.15) is 11.4 Å². The van der Waals surface area contributed by atoms with Crippen LogP contribution >= 0.6 is 0 Å². The third-order valence-electron chi connectivity index (χ3n) is 4.51. The third-order valence-corrected chi connectivity index (χ3v) is 4.51. The quantitative estimate of drug-likeness (QED) is 0.551. The normalized spacial score (nSPS) is 13.1. The topological polar surface area (TPSA) is 93.8 Å². The number of methoxy groups -OCH3 is 1. The molecule has 2 aromatic carbocycles. The van der Waals surface area contributed by atoms with Crippen LogP contribution in [0.4, 0.5) is 5.82 Å². The molecule has 0 fully saturated rings. The second kappa shape index (κ2) is 5.87. The molecule has 1 aliphatic heterocycles. The highest BCUT2D eigenvalue weighted by molar-refractivity contribution is 6.03. The van der Waals surface area contributed by atoms with Gasteiger partial charge in [-0.1, -0.05) is 12.1 Å². The lowest BCUT2D eigenvalue weighted by atomic mass is 10.0. The van der Waals surface area contributed by atoms with Crippen LogP contribution in [-0.4, -0.2) is 32.4 Å². The van der Waals surface area contributed by atoms with Gasteiger partial charge in [-0.15, -0.1) is 0 Å². The summed E-state index contributed by atoms with van der Waals surface area (Å²) in [6, 6.07) is 15.0. The first kappa shape index (κ1) is 15.4. The van der Waals surface area contributed by atoms with Crippen molar-refractivity contribution in [2.75, 3.05) is 12.5 Å². The molecule has 2 aromatic heterocycles. The van der Waals surface area contributed by atoms with E-state index in [1.807, 2.05) is 42.5 Å². The largest absolute Gasteiger partial charge is 0.497 e. The van der Waals surface area contributed by atoms with E-state index in [2.05, 4.69) is 25.6 Å². The summed E-state index contributed by atoms with van der Waals surface area (Å²) in [6.07, 6.45) is 0.455. The Balaban J connectivity index is 1.62. The summed E-state index contributed by atoms with van der Waals surface area (Å²) < 4.78 is 6.44. The van der Waals surface area contributed by atoms with Crippen LogP contribution in [0.2, 0.25) is 0 Å². The number of benzene rings is 2. The predicted molar refractivity (Wildman–Crippen MR) is 101 cm³/mol. The van der Waals surface area contributed by atoms with Gasteiger partial charge in [-0.3, -0.25) is 5.43 Å². The van der Waals surface area contributed by atoms with E-state index in [-0.39, 0.29) is 0 Å². The maximum Gasteiger partial charge on any atom is 0.370 e. The number of anilines is 1. The standard InChI is InChI=1S/C19H14N6O2/c1-27-12-8-6-11(7-9-12)15-10-16-17(23-22-15)21-18-13-4-2-3-5-14(13)20-19(26)25(18)24-16/h2-9H,10H2,1H3,(H,21,23). The molecule has 8 nitrogen and oxygen atoms in total. The number of para-hydroxylation sites is 1. The third kappa shape index (κ3) is 2.50. The van der Waals surface area contributed by atoms with Crippen molar-refractivity contribution in [2.45, 2.75) is 6.42 Å². The predicted octanol–water partition coefficient (Wildman–Crippen LogP) is 2.02. The first-order valence-electron chi connectivity index (χ1n) is 8.38. The molecule has 0 unspecified atom stereocenters. The zero-order valence-corrected chi connectivity index (χ0v) is 14.4. The Kier molecular flexibility index (Phi) is 3.36. The van der Waals surface area contributed by atoms with E-state index in [0.29, 0.717) is 29.1 Å². The smallest absolute Gasteiger partial charge is 0.370 e. The molecule has 0 radical (unpaired) electrons. The zero-order valence-electron chi connectivity index (χ0n) is 14.4. The monoisotopic (exact) mass is 358 g/mol. The van der Waals surface area contributed by atoms with Crippen LogP contribution in [-0.2, 0) is 6.42 Å². The van der Waals surface area contributed by atoms with Gasteiger partial charge in [0.15, 0.2) is 11.5 Å². The number of hydrazone groups is 1. The Bertz CT molecular complexity index is 1280. The minimum absolute atomic E-state index is 0.451. The average Bonchev–Trinajstić information content (AvgIpc) is 2.72. The highest BCUT2D eigenvalue weighted by Crippen LogP contribution is 2.22. The van der Waals surface area contributed by atoms with Gasteiger partial charge in [-0.25, -0.2) is 9.78 Å². The number of hydrogen-bond donors (Lipinski definition) is 1. The number of rotatable bonds is 2. The summed E-state index contributed by atoms with van der Waals surface area (Å²) in [6.45, 7) is 0. The van der Waals surface area contributed by atoms with E-state index >= 15 is 0 Å². The second-order valence-electron chi connectivity index (χ2n) is 6.13. The first-order chi connectivity index (χ1) is 13.2. The fraction of sp³-hybridized carbons (Fsp3) is 0.105. The summed E-state index contributed by atoms with van der Waals surface area (Å²) in [7, 11) is 1.63. The van der Waals surface area contributed by atoms with Crippen LogP contribution < -0.4 is 15.9 Å². The van der Waals surface area contributed by atoms with Gasteiger partial charge in [-0.05, 0) is 42.0 Å². The SMILES string of the molecule is COc1ccc(C2=NNc3nc4c5ccccc5nc(=O)n4nc3C2)cc1. The number of ether oxygens (including phenoxy) is 1. The van der Waals surface area contributed by atoms with Crippen LogP contribution in [0.1, 0.15) is 11.3 Å². The summed E-state index contributed by atoms with van der Waals surface area (Å²) in [5, 5.41) is 9.68. The highest BCUT2D eigenvalue weighted by Gasteiger charge is 2.19. The molecule has 0 saturated carbocycles. The van der Waals surface area contributed by atoms with Crippen LogP contribution in [0.15, 0.2) is 58.4 Å². The minimum atomic E-state index is -0.451. The van der Waals surface area contributed by atoms with Crippen molar-refractivity contribution in [3.8, 4) is 5.75 Å². The lowest BCUT2D eigenvalue weighted by Gasteiger charge is -2.17. The van der Waals surface area contributed by atoms with Gasteiger partial charge in [0.05, 0.1) is 18.3 Å². The van der Waals surface area contributed by atoms with Crippen LogP contribution in [0.25, 0.3) is 16.6 Å². The van der Waals surface area contributed by atoms with Gasteiger partial charge in [-0.2, -0.15) is 19.7 Å². The number of fused-ring (bicyclic) bond motifs is 4. The molecule has 0 saturated heterocycles. The molecule has 0 aliphatic carbocycles. The molecule has 3 heterocycles. The molecule has 1 N–H and O–H groups in total. The van der Waals surface area contributed by atoms with Gasteiger partial charge in [0, 0.05) is 11.8 Å². The molecule has 4 aromatic rings. The summed E-state index contributed by atoms with van der Waals surface area (Å²) in [5.41, 5.74) is 5.95. The van der Waals surface area contributed by atoms with E-state index in [9.17, 15) is 4.79 Å². The van der Waals surface area contributed by atoms with Crippen LogP contribution in [0.3, 0.4) is 0 Å². The van der Waals surface area contributed by atoms with Crippen molar-refractivity contribution < 1.29 is 4.74 Å². The molecule has 0 bridgehead atoms. The van der Waals surface area contributed by atoms with Crippen LogP contribution in [0, 0.1) is 0 Å². The highest BCUT2D eigenvalue weighted by atomic mass is 16.5. The molecular weight excluding hydrogens is 344 g/mol. The van der Waals surface area contributed by atoms with Crippen molar-refractivity contribution in [3.63, 3.8) is 0 Å². The summed E-state index contributed by atoms with van der Waals surface area (Å²) in [5.74, 6) is 1.32. The minimum Gasteiger partial charge on any atom is -0.497 e. The number of aromatic nitrogens is 4. The van der Waals surface area contributed by atoms with Gasteiger partial charge >= 0.3 is 5.69 Å². The van der Waals surface area contributed by atoms with E-state index in [1.165, 1.54) is 4.52 Å². The van der Waals surface area contributed by atoms with E-state index in [0.717, 1.165) is 22.4 Å². The van der Waals surface area contributed by atoms with Gasteiger partial charge in [0.2, 0.25) is 0 Å². The summed E-state index contributed by atoms with van der Waals surface area (Å²) in [4.78, 5) is 21.1. The average molecular weight is 358 g/mol. The van der Waals surface area contributed by atoms with Crippen molar-refractivity contribution >= 4 is 28.1 Å². The van der Waals surface area contributed by atoms with Gasteiger partial charge < -0.3 is 4.74 Å². The Morgan fingerprint density at radius 3 is 2.70 bits per heavy atom. The van der Waals surface area contributed by atoms with Crippen molar-refractivity contribution in [1.29, 1.82) is 0 Å². The Morgan fingerprint density at radius 1 is 1.07 bits per heavy atom. The maximum absolute atomic E-state index is 12.4. The van der Waals surface area contributed by atoms with Crippen molar-refractivity contribution in [3.05, 3.63) is 70.3 Å². The Hall–Kier alpha value is -3.81. The Morgan fingerprint density at radius 2 is 1.89 bits per heavy atom. The van der Waals surface area contributed by atoms with Crippen molar-refractivity contribution in [2.24, 2.45) is 5.10 Å². The molecule has 5 rings (SSSR count). The van der Waals surface area contributed by atoms with E-state index < -0.39 is 5.69 Å². The number of nitrogens with one attached hydrogen (secondary N) is 1. The van der Waals surface area contributed by atoms with Crippen molar-refractivity contribution in [1.82, 2.24) is 19.6 Å². The molecule has 27 heavy (non-hydrogen) atoms. The first-order valence-corrected chi connectivity index (χ1v) is 8.38.